The van der Waals surface area contributed by atoms with E-state index in [1.165, 1.54) is 6.07 Å². The van der Waals surface area contributed by atoms with Crippen LogP contribution in [0.3, 0.4) is 0 Å². The maximum Gasteiger partial charge on any atom is 0.417 e. The Bertz CT molecular complexity index is 488. The number of carbonyl (C=O) groups is 1. The van der Waals surface area contributed by atoms with Gasteiger partial charge in [-0.15, -0.1) is 0 Å². The van der Waals surface area contributed by atoms with Gasteiger partial charge < -0.3 is 0 Å². The van der Waals surface area contributed by atoms with Crippen LogP contribution in [0.25, 0.3) is 0 Å². The van der Waals surface area contributed by atoms with Gasteiger partial charge in [-0.2, -0.15) is 18.4 Å². The lowest BCUT2D eigenvalue weighted by molar-refractivity contribution is -0.137. The predicted octanol–water partition coefficient (Wildman–Crippen LogP) is 3.43. The number of hydrogen-bond donors (Lipinski definition) is 0. The molecule has 0 aliphatic rings. The van der Waals surface area contributed by atoms with E-state index in [-0.39, 0.29) is 10.6 Å². The van der Waals surface area contributed by atoms with Crippen molar-refractivity contribution in [3.63, 3.8) is 0 Å². The van der Waals surface area contributed by atoms with Gasteiger partial charge >= 0.3 is 6.18 Å². The van der Waals surface area contributed by atoms with E-state index < -0.39 is 23.1 Å². The van der Waals surface area contributed by atoms with Gasteiger partial charge in [0.2, 0.25) is 0 Å². The molecule has 0 aromatic heterocycles. The molecule has 0 heterocycles. The first-order chi connectivity index (χ1) is 7.27. The van der Waals surface area contributed by atoms with Gasteiger partial charge in [-0.3, -0.25) is 4.79 Å². The van der Waals surface area contributed by atoms with E-state index in [1.54, 1.807) is 0 Å². The van der Waals surface area contributed by atoms with Crippen LogP contribution in [0.5, 0.6) is 0 Å². The van der Waals surface area contributed by atoms with Gasteiger partial charge in [0.1, 0.15) is 6.07 Å². The molecule has 0 aliphatic carbocycles. The molecule has 0 aliphatic heterocycles. The molecule has 0 saturated heterocycles. The van der Waals surface area contributed by atoms with Gasteiger partial charge in [0.15, 0.2) is 5.78 Å². The summed E-state index contributed by atoms with van der Waals surface area (Å²) in [5.74, 6) is -0.751. The van der Waals surface area contributed by atoms with Gasteiger partial charge in [0.25, 0.3) is 0 Å². The Morgan fingerprint density at radius 3 is 2.38 bits per heavy atom. The highest BCUT2D eigenvalue weighted by atomic mass is 35.5. The zero-order valence-electron chi connectivity index (χ0n) is 8.02. The Kier molecular flexibility index (Phi) is 3.24. The average Bonchev–Trinajstić information content (AvgIpc) is 2.15. The average molecular weight is 248 g/mol. The third-order valence-corrected chi connectivity index (χ3v) is 2.23. The molecule has 0 bridgehead atoms. The van der Waals surface area contributed by atoms with Crippen molar-refractivity contribution in [3.8, 4) is 6.07 Å². The first kappa shape index (κ1) is 12.5. The number of nitrogens with zero attached hydrogens (tertiary/aromatic N) is 1. The van der Waals surface area contributed by atoms with E-state index in [1.807, 2.05) is 0 Å². The van der Waals surface area contributed by atoms with E-state index in [2.05, 4.69) is 0 Å². The molecule has 0 spiro atoms. The molecule has 0 saturated carbocycles. The topological polar surface area (TPSA) is 40.9 Å². The first-order valence-corrected chi connectivity index (χ1v) is 4.47. The van der Waals surface area contributed by atoms with Crippen LogP contribution in [0, 0.1) is 11.3 Å². The van der Waals surface area contributed by atoms with Gasteiger partial charge in [0.05, 0.1) is 16.1 Å². The van der Waals surface area contributed by atoms with Gasteiger partial charge in [0, 0.05) is 5.56 Å². The van der Waals surface area contributed by atoms with Crippen molar-refractivity contribution in [3.05, 3.63) is 33.8 Å². The summed E-state index contributed by atoms with van der Waals surface area (Å²) in [7, 11) is 0. The molecule has 0 fully saturated rings. The maximum absolute atomic E-state index is 12.6. The van der Waals surface area contributed by atoms with Gasteiger partial charge in [-0.05, 0) is 19.1 Å². The van der Waals surface area contributed by atoms with E-state index in [0.29, 0.717) is 6.07 Å². The van der Waals surface area contributed by atoms with E-state index >= 15 is 0 Å². The quantitative estimate of drug-likeness (QED) is 0.714. The number of ketones is 1. The number of carbonyl (C=O) groups excluding carboxylic acids is 1. The van der Waals surface area contributed by atoms with Crippen LogP contribution in [0.1, 0.15) is 28.4 Å². The highest BCUT2D eigenvalue weighted by Gasteiger charge is 2.35. The SMILES string of the molecule is CC(=O)c1cc(Cl)c(C#N)cc1C(F)(F)F. The summed E-state index contributed by atoms with van der Waals surface area (Å²) in [6, 6.07) is 2.98. The first-order valence-electron chi connectivity index (χ1n) is 4.09. The second-order valence-electron chi connectivity index (χ2n) is 3.04. The fraction of sp³-hybridized carbons (Fsp3) is 0.200. The lowest BCUT2D eigenvalue weighted by Crippen LogP contribution is -2.12. The normalized spacial score (nSPS) is 11.0. The predicted molar refractivity (Wildman–Crippen MR) is 51.2 cm³/mol. The highest BCUT2D eigenvalue weighted by Crippen LogP contribution is 2.35. The summed E-state index contributed by atoms with van der Waals surface area (Å²) in [5.41, 5.74) is -1.98. The van der Waals surface area contributed by atoms with Crippen LogP contribution < -0.4 is 0 Å². The standard InChI is InChI=1S/C10H5ClF3NO/c1-5(16)7-3-9(11)6(4-15)2-8(7)10(12,13)14/h2-3H,1H3. The summed E-state index contributed by atoms with van der Waals surface area (Å²) in [6.45, 7) is 1.01. The Morgan fingerprint density at radius 1 is 1.44 bits per heavy atom. The number of Topliss-reactive ketones (excluding diaryl/α,β-unsaturated/α-hetero) is 1. The van der Waals surface area contributed by atoms with Crippen molar-refractivity contribution in [1.82, 2.24) is 0 Å². The molecule has 0 atom stereocenters. The molecule has 0 amide bonds. The van der Waals surface area contributed by atoms with E-state index in [9.17, 15) is 18.0 Å². The minimum Gasteiger partial charge on any atom is -0.294 e. The van der Waals surface area contributed by atoms with Crippen molar-refractivity contribution < 1.29 is 18.0 Å². The molecule has 84 valence electrons. The summed E-state index contributed by atoms with van der Waals surface area (Å²) in [6.07, 6.45) is -4.68. The minimum atomic E-state index is -4.68. The minimum absolute atomic E-state index is 0.166. The van der Waals surface area contributed by atoms with Crippen LogP contribution in [-0.4, -0.2) is 5.78 Å². The summed E-state index contributed by atoms with van der Waals surface area (Å²) < 4.78 is 37.7. The van der Waals surface area contributed by atoms with Crippen LogP contribution in [-0.2, 0) is 6.18 Å². The van der Waals surface area contributed by atoms with Gasteiger partial charge in [-0.1, -0.05) is 11.6 Å². The number of hydrogen-bond acceptors (Lipinski definition) is 2. The Morgan fingerprint density at radius 2 is 2.00 bits per heavy atom. The third-order valence-electron chi connectivity index (χ3n) is 1.91. The molecular weight excluding hydrogens is 243 g/mol. The number of halogens is 4. The highest BCUT2D eigenvalue weighted by molar-refractivity contribution is 6.32. The Hall–Kier alpha value is -1.54. The van der Waals surface area contributed by atoms with Crippen molar-refractivity contribution in [1.29, 1.82) is 5.26 Å². The van der Waals surface area contributed by atoms with Crippen molar-refractivity contribution in [2.75, 3.05) is 0 Å². The molecular formula is C10H5ClF3NO. The second kappa shape index (κ2) is 4.14. The van der Waals surface area contributed by atoms with E-state index in [0.717, 1.165) is 13.0 Å². The number of nitriles is 1. The molecule has 1 rings (SSSR count). The molecule has 1 aromatic rings. The molecule has 0 N–H and O–H groups in total. The van der Waals surface area contributed by atoms with E-state index in [4.69, 9.17) is 16.9 Å². The smallest absolute Gasteiger partial charge is 0.294 e. The lowest BCUT2D eigenvalue weighted by atomic mass is 10.0. The maximum atomic E-state index is 12.6. The van der Waals surface area contributed by atoms with Crippen LogP contribution in [0.4, 0.5) is 13.2 Å². The number of rotatable bonds is 1. The van der Waals surface area contributed by atoms with Gasteiger partial charge in [-0.25, -0.2) is 0 Å². The molecule has 1 aromatic carbocycles. The molecule has 6 heteroatoms. The molecule has 16 heavy (non-hydrogen) atoms. The monoisotopic (exact) mass is 247 g/mol. The second-order valence-corrected chi connectivity index (χ2v) is 3.45. The van der Waals surface area contributed by atoms with Crippen LogP contribution >= 0.6 is 11.6 Å². The fourth-order valence-corrected chi connectivity index (χ4v) is 1.39. The number of benzene rings is 1. The molecule has 2 nitrogen and oxygen atoms in total. The van der Waals surface area contributed by atoms with Crippen molar-refractivity contribution in [2.24, 2.45) is 0 Å². The van der Waals surface area contributed by atoms with Crippen LogP contribution in [0.2, 0.25) is 5.02 Å². The third kappa shape index (κ3) is 2.34. The fourth-order valence-electron chi connectivity index (χ4n) is 1.18. The van der Waals surface area contributed by atoms with Crippen molar-refractivity contribution >= 4 is 17.4 Å². The van der Waals surface area contributed by atoms with Crippen LogP contribution in [0.15, 0.2) is 12.1 Å². The molecule has 0 radical (unpaired) electrons. The summed E-state index contributed by atoms with van der Waals surface area (Å²) in [5, 5.41) is 8.39. The summed E-state index contributed by atoms with van der Waals surface area (Å²) >= 11 is 5.55. The zero-order valence-corrected chi connectivity index (χ0v) is 8.78. The lowest BCUT2D eigenvalue weighted by Gasteiger charge is -2.11. The zero-order chi connectivity index (χ0) is 12.5. The summed E-state index contributed by atoms with van der Waals surface area (Å²) in [4.78, 5) is 11.0. The van der Waals surface area contributed by atoms with Crippen molar-refractivity contribution in [2.45, 2.75) is 13.1 Å². The Labute approximate surface area is 94.2 Å². The Balaban J connectivity index is 3.57. The molecule has 0 unspecified atom stereocenters. The largest absolute Gasteiger partial charge is 0.417 e. The number of alkyl halides is 3.